The zero-order valence-electron chi connectivity index (χ0n) is 11.2. The molecule has 1 heterocycles. The molecule has 0 atom stereocenters. The normalized spacial score (nSPS) is 11.9. The second-order valence-corrected chi connectivity index (χ2v) is 5.48. The van der Waals surface area contributed by atoms with Crippen molar-refractivity contribution in [2.75, 3.05) is 0 Å². The number of benzene rings is 2. The van der Waals surface area contributed by atoms with E-state index in [0.29, 0.717) is 5.57 Å². The van der Waals surface area contributed by atoms with Gasteiger partial charge < -0.3 is 0 Å². The summed E-state index contributed by atoms with van der Waals surface area (Å²) in [5, 5.41) is 10.1. The molecule has 100 valence electrons. The highest BCUT2D eigenvalue weighted by molar-refractivity contribution is 7.19. The molecule has 0 fully saturated rings. The predicted molar refractivity (Wildman–Crippen MR) is 88.7 cm³/mol. The summed E-state index contributed by atoms with van der Waals surface area (Å²) in [6, 6.07) is 20.1. The fourth-order valence-electron chi connectivity index (χ4n) is 1.96. The van der Waals surface area contributed by atoms with Crippen LogP contribution in [-0.2, 0) is 0 Å². The minimum Gasteiger partial charge on any atom is -0.235 e. The molecule has 0 bridgehead atoms. The third-order valence-corrected chi connectivity index (χ3v) is 4.07. The van der Waals surface area contributed by atoms with Crippen molar-refractivity contribution in [1.82, 2.24) is 4.98 Å². The lowest BCUT2D eigenvalue weighted by Crippen LogP contribution is -1.78. The molecule has 0 spiro atoms. The number of para-hydroxylation sites is 1. The zero-order valence-corrected chi connectivity index (χ0v) is 12.0. The van der Waals surface area contributed by atoms with Gasteiger partial charge in [-0.3, -0.25) is 0 Å². The Morgan fingerprint density at radius 2 is 1.81 bits per heavy atom. The van der Waals surface area contributed by atoms with Gasteiger partial charge in [0.25, 0.3) is 0 Å². The van der Waals surface area contributed by atoms with Gasteiger partial charge >= 0.3 is 0 Å². The van der Waals surface area contributed by atoms with Crippen molar-refractivity contribution in [2.45, 2.75) is 0 Å². The summed E-state index contributed by atoms with van der Waals surface area (Å²) >= 11 is 1.54. The van der Waals surface area contributed by atoms with E-state index in [-0.39, 0.29) is 0 Å². The van der Waals surface area contributed by atoms with E-state index < -0.39 is 0 Å². The van der Waals surface area contributed by atoms with Crippen LogP contribution in [0.5, 0.6) is 0 Å². The Kier molecular flexibility index (Phi) is 3.90. The Morgan fingerprint density at radius 3 is 2.57 bits per heavy atom. The summed E-state index contributed by atoms with van der Waals surface area (Å²) in [5.41, 5.74) is 2.63. The monoisotopic (exact) mass is 288 g/mol. The van der Waals surface area contributed by atoms with Crippen molar-refractivity contribution in [2.24, 2.45) is 0 Å². The van der Waals surface area contributed by atoms with Gasteiger partial charge in [0, 0.05) is 0 Å². The minimum atomic E-state index is 0.586. The van der Waals surface area contributed by atoms with Gasteiger partial charge in [0.15, 0.2) is 0 Å². The van der Waals surface area contributed by atoms with Gasteiger partial charge in [-0.05, 0) is 23.8 Å². The highest BCUT2D eigenvalue weighted by atomic mass is 32.1. The van der Waals surface area contributed by atoms with Gasteiger partial charge in [0.2, 0.25) is 0 Å². The van der Waals surface area contributed by atoms with E-state index in [1.807, 2.05) is 72.8 Å². The first-order valence-electron chi connectivity index (χ1n) is 6.56. The minimum absolute atomic E-state index is 0.586. The van der Waals surface area contributed by atoms with E-state index in [0.717, 1.165) is 20.8 Å². The number of rotatable bonds is 3. The van der Waals surface area contributed by atoms with Crippen molar-refractivity contribution >= 4 is 33.2 Å². The average Bonchev–Trinajstić information content (AvgIpc) is 2.96. The smallest absolute Gasteiger partial charge is 0.135 e. The standard InChI is InChI=1S/C18H12N2S/c19-13-15(10-6-9-14-7-2-1-3-8-14)18-20-16-11-4-5-12-17(16)21-18/h1-12H/b9-6?,15-10+. The first-order chi connectivity index (χ1) is 10.4. The SMILES string of the molecule is N#C/C(=C\C=Cc1ccccc1)c1nc2ccccc2s1. The molecular formula is C18H12N2S. The molecular weight excluding hydrogens is 276 g/mol. The third kappa shape index (κ3) is 3.07. The first-order valence-corrected chi connectivity index (χ1v) is 7.38. The maximum atomic E-state index is 9.32. The van der Waals surface area contributed by atoms with Gasteiger partial charge in [-0.2, -0.15) is 5.26 Å². The number of fused-ring (bicyclic) bond motifs is 1. The van der Waals surface area contributed by atoms with Crippen LogP contribution < -0.4 is 0 Å². The maximum Gasteiger partial charge on any atom is 0.135 e. The number of hydrogen-bond donors (Lipinski definition) is 0. The Balaban J connectivity index is 1.89. The van der Waals surface area contributed by atoms with E-state index in [2.05, 4.69) is 11.1 Å². The molecule has 21 heavy (non-hydrogen) atoms. The topological polar surface area (TPSA) is 36.7 Å². The lowest BCUT2D eigenvalue weighted by molar-refractivity contribution is 1.43. The van der Waals surface area contributed by atoms with Gasteiger partial charge in [-0.25, -0.2) is 4.98 Å². The van der Waals surface area contributed by atoms with Crippen LogP contribution in [0.4, 0.5) is 0 Å². The van der Waals surface area contributed by atoms with E-state index in [1.54, 1.807) is 11.3 Å². The zero-order chi connectivity index (χ0) is 14.5. The molecule has 0 radical (unpaired) electrons. The number of allylic oxidation sites excluding steroid dienone is 3. The Hall–Kier alpha value is -2.70. The quantitative estimate of drug-likeness (QED) is 0.507. The summed E-state index contributed by atoms with van der Waals surface area (Å²) in [5.74, 6) is 0. The molecule has 0 amide bonds. The van der Waals surface area contributed by atoms with Crippen molar-refractivity contribution < 1.29 is 0 Å². The maximum absolute atomic E-state index is 9.32. The van der Waals surface area contributed by atoms with Crippen molar-refractivity contribution in [3.8, 4) is 6.07 Å². The number of thiazole rings is 1. The predicted octanol–water partition coefficient (Wildman–Crippen LogP) is 4.92. The highest BCUT2D eigenvalue weighted by Gasteiger charge is 2.06. The molecule has 0 saturated carbocycles. The van der Waals surface area contributed by atoms with Crippen LogP contribution in [0.15, 0.2) is 66.7 Å². The van der Waals surface area contributed by atoms with Gasteiger partial charge in [-0.1, -0.05) is 54.6 Å². The summed E-state index contributed by atoms with van der Waals surface area (Å²) in [6.07, 6.45) is 5.68. The molecule has 2 aromatic carbocycles. The molecule has 0 saturated heterocycles. The molecule has 1 aromatic heterocycles. The van der Waals surface area contributed by atoms with Crippen molar-refractivity contribution in [3.05, 3.63) is 77.3 Å². The molecule has 0 N–H and O–H groups in total. The van der Waals surface area contributed by atoms with Gasteiger partial charge in [0.1, 0.15) is 11.1 Å². The van der Waals surface area contributed by atoms with Crippen LogP contribution in [0.3, 0.4) is 0 Å². The highest BCUT2D eigenvalue weighted by Crippen LogP contribution is 2.26. The molecule has 2 nitrogen and oxygen atoms in total. The van der Waals surface area contributed by atoms with Crippen LogP contribution in [0.1, 0.15) is 10.6 Å². The van der Waals surface area contributed by atoms with E-state index in [9.17, 15) is 5.26 Å². The lowest BCUT2D eigenvalue weighted by atomic mass is 10.2. The lowest BCUT2D eigenvalue weighted by Gasteiger charge is -1.90. The fraction of sp³-hybridized carbons (Fsp3) is 0. The summed E-state index contributed by atoms with van der Waals surface area (Å²) in [6.45, 7) is 0. The molecule has 0 aliphatic rings. The number of nitrogens with zero attached hydrogens (tertiary/aromatic N) is 2. The second kappa shape index (κ2) is 6.17. The van der Waals surface area contributed by atoms with Crippen LogP contribution >= 0.6 is 11.3 Å². The third-order valence-electron chi connectivity index (χ3n) is 3.00. The van der Waals surface area contributed by atoms with Crippen LogP contribution in [-0.4, -0.2) is 4.98 Å². The van der Waals surface area contributed by atoms with Crippen LogP contribution in [0.25, 0.3) is 21.9 Å². The largest absolute Gasteiger partial charge is 0.235 e. The molecule has 0 aliphatic heterocycles. The summed E-state index contributed by atoms with van der Waals surface area (Å²) in [7, 11) is 0. The van der Waals surface area contributed by atoms with E-state index in [1.165, 1.54) is 0 Å². The van der Waals surface area contributed by atoms with Crippen LogP contribution in [0, 0.1) is 11.3 Å². The molecule has 3 aromatic rings. The van der Waals surface area contributed by atoms with Crippen molar-refractivity contribution in [1.29, 1.82) is 5.26 Å². The molecule has 0 aliphatic carbocycles. The average molecular weight is 288 g/mol. The Labute approximate surface area is 127 Å². The van der Waals surface area contributed by atoms with Crippen LogP contribution in [0.2, 0.25) is 0 Å². The Bertz CT molecular complexity index is 819. The number of hydrogen-bond acceptors (Lipinski definition) is 3. The molecule has 3 rings (SSSR count). The Morgan fingerprint density at radius 1 is 1.05 bits per heavy atom. The second-order valence-electron chi connectivity index (χ2n) is 4.45. The molecule has 3 heteroatoms. The summed E-state index contributed by atoms with van der Waals surface area (Å²) < 4.78 is 1.10. The number of aromatic nitrogens is 1. The van der Waals surface area contributed by atoms with E-state index >= 15 is 0 Å². The summed E-state index contributed by atoms with van der Waals surface area (Å²) in [4.78, 5) is 4.50. The van der Waals surface area contributed by atoms with Gasteiger partial charge in [-0.15, -0.1) is 11.3 Å². The molecule has 0 unspecified atom stereocenters. The number of nitriles is 1. The first kappa shape index (κ1) is 13.3. The van der Waals surface area contributed by atoms with E-state index in [4.69, 9.17) is 0 Å². The van der Waals surface area contributed by atoms with Crippen molar-refractivity contribution in [3.63, 3.8) is 0 Å². The fourth-order valence-corrected chi connectivity index (χ4v) is 2.90. The van der Waals surface area contributed by atoms with Gasteiger partial charge in [0.05, 0.1) is 15.8 Å².